The molecule has 4 aromatic heterocycles. The number of hydrogen-bond donors (Lipinski definition) is 1. The molecule has 8 heteroatoms. The first kappa shape index (κ1) is 17.2. The topological polar surface area (TPSA) is 93.3 Å². The molecule has 0 amide bonds. The molecule has 0 saturated heterocycles. The van der Waals surface area contributed by atoms with Gasteiger partial charge in [0.25, 0.3) is 0 Å². The van der Waals surface area contributed by atoms with Gasteiger partial charge in [-0.15, -0.1) is 0 Å². The summed E-state index contributed by atoms with van der Waals surface area (Å²) < 4.78 is 1.75. The summed E-state index contributed by atoms with van der Waals surface area (Å²) >= 11 is 1.44. The lowest BCUT2D eigenvalue weighted by Crippen LogP contribution is -2.00. The predicted octanol–water partition coefficient (Wildman–Crippen LogP) is 3.58. The molecule has 134 valence electrons. The molecule has 0 spiro atoms. The first-order chi connectivity index (χ1) is 13.1. The van der Waals surface area contributed by atoms with Crippen LogP contribution in [0.5, 0.6) is 0 Å². The smallest absolute Gasteiger partial charge is 0.337 e. The van der Waals surface area contributed by atoms with E-state index >= 15 is 0 Å². The lowest BCUT2D eigenvalue weighted by molar-refractivity contribution is 0.0696. The van der Waals surface area contributed by atoms with Gasteiger partial charge in [-0.3, -0.25) is 9.38 Å². The Labute approximate surface area is 159 Å². The van der Waals surface area contributed by atoms with E-state index in [-0.39, 0.29) is 5.56 Å². The third-order valence-electron chi connectivity index (χ3n) is 4.06. The van der Waals surface area contributed by atoms with Crippen LogP contribution >= 0.6 is 11.8 Å². The van der Waals surface area contributed by atoms with Crippen molar-refractivity contribution in [2.75, 3.05) is 6.26 Å². The Bertz CT molecular complexity index is 1170. The van der Waals surface area contributed by atoms with Crippen LogP contribution < -0.4 is 0 Å². The molecule has 0 unspecified atom stereocenters. The van der Waals surface area contributed by atoms with E-state index < -0.39 is 5.97 Å². The summed E-state index contributed by atoms with van der Waals surface area (Å²) in [6.45, 7) is 1.91. The second kappa shape index (κ2) is 6.81. The van der Waals surface area contributed by atoms with Crippen molar-refractivity contribution in [2.24, 2.45) is 0 Å². The molecule has 4 aromatic rings. The van der Waals surface area contributed by atoms with Crippen molar-refractivity contribution >= 4 is 23.4 Å². The van der Waals surface area contributed by atoms with E-state index in [2.05, 4.69) is 15.0 Å². The average molecular weight is 377 g/mol. The Morgan fingerprint density at radius 3 is 2.67 bits per heavy atom. The summed E-state index contributed by atoms with van der Waals surface area (Å²) in [4.78, 5) is 29.5. The molecule has 0 aliphatic heterocycles. The Hall–Kier alpha value is -3.26. The maximum Gasteiger partial charge on any atom is 0.337 e. The number of hydrogen-bond acceptors (Lipinski definition) is 6. The maximum atomic E-state index is 11.4. The number of carboxylic acid groups (broad SMARTS) is 1. The molecule has 0 bridgehead atoms. The quantitative estimate of drug-likeness (QED) is 0.429. The molecular weight excluding hydrogens is 362 g/mol. The molecule has 0 fully saturated rings. The van der Waals surface area contributed by atoms with Gasteiger partial charge in [0.1, 0.15) is 17.0 Å². The fraction of sp³-hybridized carbons (Fsp3) is 0.105. The summed E-state index contributed by atoms with van der Waals surface area (Å²) in [6.07, 6.45) is 5.14. The maximum absolute atomic E-state index is 11.4. The minimum absolute atomic E-state index is 0.170. The molecule has 0 radical (unpaired) electrons. The fourth-order valence-corrected chi connectivity index (χ4v) is 3.20. The zero-order valence-electron chi connectivity index (χ0n) is 14.6. The zero-order chi connectivity index (χ0) is 19.0. The van der Waals surface area contributed by atoms with Crippen molar-refractivity contribution < 1.29 is 9.90 Å². The molecule has 0 saturated carbocycles. The molecule has 1 N–H and O–H groups in total. The average Bonchev–Trinajstić information content (AvgIpc) is 3.06. The number of nitrogens with zero attached hydrogens (tertiary/aromatic N) is 5. The lowest BCUT2D eigenvalue weighted by Gasteiger charge is -2.06. The molecule has 0 aromatic carbocycles. The monoisotopic (exact) mass is 377 g/mol. The SMILES string of the molecule is CSc1nccc(-c2c(-c3cccc(C)n3)nc3ccc(C(=O)O)cn23)n1. The van der Waals surface area contributed by atoms with Gasteiger partial charge in [0.15, 0.2) is 5.16 Å². The van der Waals surface area contributed by atoms with Gasteiger partial charge >= 0.3 is 5.97 Å². The van der Waals surface area contributed by atoms with Gasteiger partial charge in [-0.05, 0) is 43.5 Å². The van der Waals surface area contributed by atoms with Crippen LogP contribution in [0, 0.1) is 6.92 Å². The first-order valence-corrected chi connectivity index (χ1v) is 9.36. The van der Waals surface area contributed by atoms with Gasteiger partial charge in [0.05, 0.1) is 17.0 Å². The molecule has 7 nitrogen and oxygen atoms in total. The Morgan fingerprint density at radius 2 is 1.93 bits per heavy atom. The third-order valence-corrected chi connectivity index (χ3v) is 4.62. The van der Waals surface area contributed by atoms with E-state index in [0.717, 1.165) is 5.69 Å². The predicted molar refractivity (Wildman–Crippen MR) is 103 cm³/mol. The van der Waals surface area contributed by atoms with Gasteiger partial charge < -0.3 is 5.11 Å². The van der Waals surface area contributed by atoms with Gasteiger partial charge in [-0.2, -0.15) is 0 Å². The van der Waals surface area contributed by atoms with Crippen molar-refractivity contribution in [3.8, 4) is 22.8 Å². The number of aromatic carboxylic acids is 1. The minimum atomic E-state index is -1.00. The third kappa shape index (κ3) is 3.15. The highest BCUT2D eigenvalue weighted by atomic mass is 32.2. The van der Waals surface area contributed by atoms with Crippen molar-refractivity contribution in [3.05, 3.63) is 60.0 Å². The van der Waals surface area contributed by atoms with Crippen LogP contribution in [-0.2, 0) is 0 Å². The van der Waals surface area contributed by atoms with Crippen molar-refractivity contribution in [1.29, 1.82) is 0 Å². The van der Waals surface area contributed by atoms with Crippen molar-refractivity contribution in [3.63, 3.8) is 0 Å². The number of rotatable bonds is 4. The van der Waals surface area contributed by atoms with E-state index in [9.17, 15) is 9.90 Å². The van der Waals surface area contributed by atoms with Gasteiger partial charge in [0, 0.05) is 18.1 Å². The highest BCUT2D eigenvalue weighted by Crippen LogP contribution is 2.31. The van der Waals surface area contributed by atoms with Crippen LogP contribution in [0.4, 0.5) is 0 Å². The van der Waals surface area contributed by atoms with E-state index in [4.69, 9.17) is 4.98 Å². The van der Waals surface area contributed by atoms with E-state index in [1.165, 1.54) is 17.8 Å². The van der Waals surface area contributed by atoms with E-state index in [1.807, 2.05) is 31.4 Å². The number of carbonyl (C=O) groups is 1. The van der Waals surface area contributed by atoms with Gasteiger partial charge in [-0.1, -0.05) is 17.8 Å². The molecule has 0 aliphatic rings. The van der Waals surface area contributed by atoms with Crippen LogP contribution in [0.25, 0.3) is 28.4 Å². The highest BCUT2D eigenvalue weighted by molar-refractivity contribution is 7.98. The van der Waals surface area contributed by atoms with Crippen LogP contribution in [0.1, 0.15) is 16.1 Å². The number of fused-ring (bicyclic) bond motifs is 1. The summed E-state index contributed by atoms with van der Waals surface area (Å²) in [5.41, 5.74) is 4.35. The Kier molecular flexibility index (Phi) is 4.33. The van der Waals surface area contributed by atoms with Crippen molar-refractivity contribution in [2.45, 2.75) is 12.1 Å². The normalized spacial score (nSPS) is 11.0. The summed E-state index contributed by atoms with van der Waals surface area (Å²) in [5, 5.41) is 10.00. The van der Waals surface area contributed by atoms with Crippen LogP contribution in [-0.4, -0.2) is 41.7 Å². The molecule has 27 heavy (non-hydrogen) atoms. The summed E-state index contributed by atoms with van der Waals surface area (Å²) in [7, 11) is 0. The molecular formula is C19H15N5O2S. The summed E-state index contributed by atoms with van der Waals surface area (Å²) in [5.74, 6) is -1.00. The summed E-state index contributed by atoms with van der Waals surface area (Å²) in [6, 6.07) is 10.7. The van der Waals surface area contributed by atoms with E-state index in [1.54, 1.807) is 28.9 Å². The Morgan fingerprint density at radius 1 is 1.07 bits per heavy atom. The van der Waals surface area contributed by atoms with Crippen LogP contribution in [0.2, 0.25) is 0 Å². The van der Waals surface area contributed by atoms with E-state index in [0.29, 0.717) is 33.6 Å². The molecule has 4 heterocycles. The lowest BCUT2D eigenvalue weighted by atomic mass is 10.1. The molecule has 0 atom stereocenters. The second-order valence-electron chi connectivity index (χ2n) is 5.85. The fourth-order valence-electron chi connectivity index (χ4n) is 2.84. The second-order valence-corrected chi connectivity index (χ2v) is 6.63. The number of carboxylic acids is 1. The van der Waals surface area contributed by atoms with Crippen LogP contribution in [0.3, 0.4) is 0 Å². The molecule has 4 rings (SSSR count). The number of thioether (sulfide) groups is 1. The first-order valence-electron chi connectivity index (χ1n) is 8.13. The van der Waals surface area contributed by atoms with Crippen molar-refractivity contribution in [1.82, 2.24) is 24.3 Å². The standard InChI is InChI=1S/C19H15N5O2S/c1-11-4-3-5-13(21-11)16-17(14-8-9-20-19(22-14)27-2)24-10-12(18(25)26)6-7-15(24)23-16/h3-10H,1-2H3,(H,25,26). The minimum Gasteiger partial charge on any atom is -0.478 e. The zero-order valence-corrected chi connectivity index (χ0v) is 15.4. The Balaban J connectivity index is 2.06. The van der Waals surface area contributed by atoms with Gasteiger partial charge in [0.2, 0.25) is 0 Å². The highest BCUT2D eigenvalue weighted by Gasteiger charge is 2.19. The largest absolute Gasteiger partial charge is 0.478 e. The number of aryl methyl sites for hydroxylation is 1. The molecule has 0 aliphatic carbocycles. The van der Waals surface area contributed by atoms with Crippen LogP contribution in [0.15, 0.2) is 53.9 Å². The number of aromatic nitrogens is 5. The number of pyridine rings is 2. The van der Waals surface area contributed by atoms with Gasteiger partial charge in [-0.25, -0.2) is 19.7 Å². The number of imidazole rings is 1.